The topological polar surface area (TPSA) is 699 Å². The first-order valence-electron chi connectivity index (χ1n) is 33.4. The van der Waals surface area contributed by atoms with Gasteiger partial charge in [0.25, 0.3) is 32.5 Å². The molecule has 6 aliphatic heterocycles. The van der Waals surface area contributed by atoms with Crippen LogP contribution in [-0.4, -0.2) is 347 Å². The Morgan fingerprint density at radius 1 is 0.722 bits per heavy atom. The number of anilines is 1. The number of carboxylic acid groups (broad SMARTS) is 1. The summed E-state index contributed by atoms with van der Waals surface area (Å²) in [5.41, 5.74) is 5.18. The first-order chi connectivity index (χ1) is 51.1. The van der Waals surface area contributed by atoms with Crippen molar-refractivity contribution in [1.82, 2.24) is 25.5 Å². The van der Waals surface area contributed by atoms with Gasteiger partial charge in [-0.3, -0.25) is 42.4 Å². The van der Waals surface area contributed by atoms with Crippen LogP contribution in [0.2, 0.25) is 0 Å². The van der Waals surface area contributed by atoms with Gasteiger partial charge in [-0.1, -0.05) is 12.1 Å². The largest absolute Gasteiger partial charge is 0.756 e. The van der Waals surface area contributed by atoms with Crippen LogP contribution in [0.1, 0.15) is 61.7 Å². The number of benzene rings is 1. The van der Waals surface area contributed by atoms with E-state index in [9.17, 15) is 124 Å². The number of ketones is 1. The third-order valence-electron chi connectivity index (χ3n) is 18.3. The zero-order valence-corrected chi connectivity index (χ0v) is 58.4. The summed E-state index contributed by atoms with van der Waals surface area (Å²) in [5.74, 6) is -10.2. The van der Waals surface area contributed by atoms with E-state index in [4.69, 9.17) is 76.4 Å². The third-order valence-corrected chi connectivity index (χ3v) is 19.3. The number of hydrogen-bond donors (Lipinski definition) is 19. The van der Waals surface area contributed by atoms with Crippen LogP contribution >= 0.6 is 7.82 Å². The zero-order valence-electron chi connectivity index (χ0n) is 57.5. The lowest BCUT2D eigenvalue weighted by atomic mass is 9.80. The molecule has 31 atom stereocenters. The van der Waals surface area contributed by atoms with E-state index in [1.807, 2.05) is 0 Å². The van der Waals surface area contributed by atoms with E-state index in [0.29, 0.717) is 5.56 Å². The molecule has 2 aromatic rings. The minimum absolute atomic E-state index is 0.112. The second kappa shape index (κ2) is 38.6. The number of methoxy groups -OCH3 is 1. The molecule has 20 N–H and O–H groups in total. The SMILES string of the molecule is CO[C@@H]1C(CO)O[C@H](O[C@@H]2C(OC=O)O[C@@H](O[C@@H]3C(CO)O[C@H](O[C@@H]4C(OC=O)O[C@@H](OCCNC(=O)c5ccc(CCCC(=O)C[C@@H]6C(O)C[C@@](OP(=O)([O-])OC[C@H]7O[C@@H](n8ccc(N)nc8=O)[C@@H](O)C7O)(C(=O)O)OC6[C@H](O)[C@H](O)CO)cc5)[C@@H](O)C4O)[C@@H](NC(C)=O)C3O)[C@@H](O)C2O)[C@@H](NC(C)=O)C1O. The van der Waals surface area contributed by atoms with Crippen molar-refractivity contribution in [1.29, 1.82) is 0 Å². The van der Waals surface area contributed by atoms with Gasteiger partial charge in [-0.05, 0) is 36.6 Å². The molecule has 0 aliphatic carbocycles. The lowest BCUT2D eigenvalue weighted by Crippen LogP contribution is -2.70. The summed E-state index contributed by atoms with van der Waals surface area (Å²) in [6, 6.07) is 3.82. The maximum atomic E-state index is 13.5. The summed E-state index contributed by atoms with van der Waals surface area (Å²) < 4.78 is 95.8. The summed E-state index contributed by atoms with van der Waals surface area (Å²) in [5, 5.41) is 170. The van der Waals surface area contributed by atoms with Gasteiger partial charge in [-0.25, -0.2) is 9.59 Å². The van der Waals surface area contributed by atoms with Crippen molar-refractivity contribution in [3.05, 3.63) is 58.1 Å². The Morgan fingerprint density at radius 3 is 1.81 bits per heavy atom. The smallest absolute Gasteiger partial charge is 0.364 e. The van der Waals surface area contributed by atoms with Crippen molar-refractivity contribution in [2.45, 2.75) is 224 Å². The number of aliphatic carboxylic acids is 1. The van der Waals surface area contributed by atoms with Crippen molar-refractivity contribution in [3.8, 4) is 0 Å². The summed E-state index contributed by atoms with van der Waals surface area (Å²) in [6.07, 6.45) is -50.4. The molecule has 6 fully saturated rings. The Kier molecular flexibility index (Phi) is 31.1. The maximum Gasteiger partial charge on any atom is 0.364 e. The van der Waals surface area contributed by atoms with Crippen LogP contribution < -0.4 is 32.3 Å². The van der Waals surface area contributed by atoms with E-state index in [2.05, 4.69) is 20.9 Å². The fraction of sp³-hybridized carbons (Fsp3) is 0.721. The van der Waals surface area contributed by atoms with Crippen molar-refractivity contribution in [3.63, 3.8) is 0 Å². The molecular weight excluding hydrogens is 1490 g/mol. The van der Waals surface area contributed by atoms with E-state index >= 15 is 0 Å². The lowest BCUT2D eigenvalue weighted by molar-refractivity contribution is -0.398. The van der Waals surface area contributed by atoms with Crippen LogP contribution in [-0.2, 0) is 110 Å². The highest BCUT2D eigenvalue weighted by Gasteiger charge is 2.60. The van der Waals surface area contributed by atoms with E-state index in [1.54, 1.807) is 12.1 Å². The molecule has 608 valence electrons. The Balaban J connectivity index is 0.807. The molecule has 0 spiro atoms. The number of carbonyl (C=O) groups excluding carboxylic acids is 6. The Hall–Kier alpha value is -6.50. The number of nitrogens with zero attached hydrogens (tertiary/aromatic N) is 2. The molecule has 7 heterocycles. The quantitative estimate of drug-likeness (QED) is 0.0171. The van der Waals surface area contributed by atoms with Crippen LogP contribution in [0.15, 0.2) is 41.3 Å². The van der Waals surface area contributed by atoms with Crippen molar-refractivity contribution < 1.29 is 190 Å². The van der Waals surface area contributed by atoms with Gasteiger partial charge in [0.15, 0.2) is 43.6 Å². The maximum absolute atomic E-state index is 13.5. The summed E-state index contributed by atoms with van der Waals surface area (Å²) >= 11 is 0. The second-order valence-corrected chi connectivity index (χ2v) is 27.1. The molecular formula is C61H88N6O40P-. The number of carboxylic acids is 1. The molecule has 0 saturated carbocycles. The Bertz CT molecular complexity index is 3450. The summed E-state index contributed by atoms with van der Waals surface area (Å²) in [6.45, 7) is -3.10. The Labute approximate surface area is 610 Å². The lowest BCUT2D eigenvalue weighted by Gasteiger charge is -2.49. The average Bonchev–Trinajstić information content (AvgIpc) is 0.928. The van der Waals surface area contributed by atoms with Gasteiger partial charge in [0.1, 0.15) is 115 Å². The van der Waals surface area contributed by atoms with Crippen LogP contribution in [0.3, 0.4) is 0 Å². The van der Waals surface area contributed by atoms with Crippen LogP contribution in [0, 0.1) is 5.92 Å². The van der Waals surface area contributed by atoms with Crippen LogP contribution in [0.5, 0.6) is 0 Å². The molecule has 3 amide bonds. The molecule has 0 bridgehead atoms. The van der Waals surface area contributed by atoms with Crippen LogP contribution in [0.25, 0.3) is 0 Å². The van der Waals surface area contributed by atoms with E-state index in [1.165, 1.54) is 19.2 Å². The number of aromatic nitrogens is 2. The van der Waals surface area contributed by atoms with Gasteiger partial charge in [-0.2, -0.15) is 4.98 Å². The monoisotopic (exact) mass is 1580 g/mol. The van der Waals surface area contributed by atoms with E-state index < -0.39 is 273 Å². The number of aliphatic hydroxyl groups excluding tert-OH is 14. The van der Waals surface area contributed by atoms with Gasteiger partial charge < -0.3 is 169 Å². The number of phosphoric acid groups is 1. The number of rotatable bonds is 36. The van der Waals surface area contributed by atoms with Gasteiger partial charge in [0, 0.05) is 64.4 Å². The number of amides is 3. The number of nitrogens with two attached hydrogens (primary N) is 1. The van der Waals surface area contributed by atoms with Gasteiger partial charge in [0.05, 0.1) is 45.2 Å². The number of Topliss-reactive ketones (excluding diaryl/α,β-unsaturated/α-hetero) is 1. The second-order valence-electron chi connectivity index (χ2n) is 25.7. The third kappa shape index (κ3) is 20.8. The van der Waals surface area contributed by atoms with Gasteiger partial charge in [0.2, 0.25) is 24.4 Å². The highest BCUT2D eigenvalue weighted by molar-refractivity contribution is 7.46. The molecule has 1 aromatic heterocycles. The molecule has 0 radical (unpaired) electrons. The minimum atomic E-state index is -5.96. The van der Waals surface area contributed by atoms with Crippen LogP contribution in [0.4, 0.5) is 5.82 Å². The summed E-state index contributed by atoms with van der Waals surface area (Å²) in [7, 11) is -4.77. The predicted molar refractivity (Wildman–Crippen MR) is 339 cm³/mol. The van der Waals surface area contributed by atoms with Gasteiger partial charge in [-0.15, -0.1) is 0 Å². The number of ether oxygens (including phenoxy) is 13. The average molecular weight is 1580 g/mol. The molecule has 6 saturated heterocycles. The zero-order chi connectivity index (χ0) is 79.4. The predicted octanol–water partition coefficient (Wildman–Crippen LogP) is -11.6. The van der Waals surface area contributed by atoms with E-state index in [0.717, 1.165) is 30.7 Å². The molecule has 1 aromatic carbocycles. The molecule has 108 heavy (non-hydrogen) atoms. The fourth-order valence-corrected chi connectivity index (χ4v) is 13.8. The van der Waals surface area contributed by atoms with Crippen molar-refractivity contribution in [2.75, 3.05) is 52.4 Å². The Morgan fingerprint density at radius 2 is 1.28 bits per heavy atom. The number of nitrogens with one attached hydrogen (secondary N) is 3. The van der Waals surface area contributed by atoms with Crippen molar-refractivity contribution >= 4 is 56.1 Å². The van der Waals surface area contributed by atoms with Gasteiger partial charge >= 0.3 is 11.7 Å². The standard InChI is InChI=1S/C61H89N6O40P/c1-23(73)64-35-39(80)47(93-3)31(18-69)99-53(35)103-50-42(83)45(86)56(105-58(50)96-22-72)101-48-32(19-70)100-54(36(40(48)81)65-24(2)74)102-49-41(82)44(85)55(104-57(49)95-21-71)94-14-12-63-51(87)26-9-7-25(8-10-26)5-4-6-27(75)15-28-29(76)16-61(59(88)89,106-46(28)37(78)30(77)17-68)107-108(91,92)97-20-33-38(79)43(84)52(98-33)67-13-11-34(62)66-60(67)90/h7-11,13,21-22,28-33,35-50,52-58,68-70,76-86H,4-6,12,14-20H2,1-3H3,(H,63,87)(H,64,73)(H,65,74)(H,88,89)(H,91,92)(H2,62,66,90)/p-1/t28-,29?,30-,31?,32?,33-,35+,36+,37-,38?,39?,40?,41?,42?,43+,44+,45+,46?,47-,48-,49+,50+,52-,53-,54-,55-,56-,57?,58?,61-/m1/s1. The van der Waals surface area contributed by atoms with Crippen molar-refractivity contribution in [2.24, 2.45) is 5.92 Å². The first kappa shape index (κ1) is 87.1. The number of phosphoric ester groups is 1. The highest BCUT2D eigenvalue weighted by Crippen LogP contribution is 2.50. The number of hydrogen-bond acceptors (Lipinski definition) is 41. The molecule has 46 nitrogen and oxygen atoms in total. The summed E-state index contributed by atoms with van der Waals surface area (Å²) in [4.78, 5) is 117. The number of nitrogen functional groups attached to an aromatic ring is 1. The minimum Gasteiger partial charge on any atom is -0.756 e. The normalized spacial score (nSPS) is 37.5. The number of aryl methyl sites for hydroxylation is 1. The molecule has 8 rings (SSSR count). The number of aliphatic hydroxyl groups is 14. The molecule has 47 heteroatoms. The fourth-order valence-electron chi connectivity index (χ4n) is 12.9. The van der Waals surface area contributed by atoms with E-state index in [-0.39, 0.29) is 50.1 Å². The molecule has 12 unspecified atom stereocenters. The highest BCUT2D eigenvalue weighted by atomic mass is 31.2. The first-order valence-corrected chi connectivity index (χ1v) is 34.8. The number of carbonyl (C=O) groups is 7. The molecule has 6 aliphatic rings.